The third-order valence-corrected chi connectivity index (χ3v) is 6.28. The van der Waals surface area contributed by atoms with Crippen LogP contribution in [0.3, 0.4) is 0 Å². The average Bonchev–Trinajstić information content (AvgIpc) is 3.35. The molecule has 2 heterocycles. The lowest BCUT2D eigenvalue weighted by Gasteiger charge is -2.18. The Bertz CT molecular complexity index is 1200. The van der Waals surface area contributed by atoms with Gasteiger partial charge in [0.2, 0.25) is 5.91 Å². The van der Waals surface area contributed by atoms with E-state index in [1.165, 1.54) is 0 Å². The maximum atomic E-state index is 12.9. The van der Waals surface area contributed by atoms with E-state index in [1.54, 1.807) is 18.9 Å². The molecule has 162 valence electrons. The van der Waals surface area contributed by atoms with Crippen LogP contribution < -0.4 is 10.1 Å². The van der Waals surface area contributed by atoms with Gasteiger partial charge in [-0.05, 0) is 54.8 Å². The minimum atomic E-state index is -0.108. The molecule has 0 radical (unpaired) electrons. The zero-order chi connectivity index (χ0) is 21.8. The normalized spacial score (nSPS) is 12.4. The summed E-state index contributed by atoms with van der Waals surface area (Å²) < 4.78 is 9.50. The Balaban J connectivity index is 1.47. The van der Waals surface area contributed by atoms with E-state index in [0.717, 1.165) is 45.7 Å². The molecule has 0 fully saturated rings. The largest absolute Gasteiger partial charge is 0.497 e. The van der Waals surface area contributed by atoms with Gasteiger partial charge in [-0.1, -0.05) is 12.1 Å². The molecule has 31 heavy (non-hydrogen) atoms. The van der Waals surface area contributed by atoms with Crippen molar-refractivity contribution in [3.63, 3.8) is 0 Å². The Kier molecular flexibility index (Phi) is 6.51. The Hall–Kier alpha value is -2.93. The molecular weight excluding hydrogens is 408 g/mol. The van der Waals surface area contributed by atoms with Crippen LogP contribution in [0.4, 0.5) is 0 Å². The monoisotopic (exact) mass is 436 g/mol. The fraction of sp³-hybridized carbons (Fsp3) is 0.333. The first-order valence-corrected chi connectivity index (χ1v) is 11.8. The van der Waals surface area contributed by atoms with Crippen LogP contribution in [0.5, 0.6) is 5.75 Å². The highest BCUT2D eigenvalue weighted by Crippen LogP contribution is 2.24. The number of aryl methyl sites for hydroxylation is 2. The number of fused-ring (bicyclic) bond motifs is 2. The average molecular weight is 437 g/mol. The second-order valence-electron chi connectivity index (χ2n) is 7.60. The topological polar surface area (TPSA) is 61.1 Å². The Morgan fingerprint density at radius 1 is 1.19 bits per heavy atom. The number of hydrogen-bond acceptors (Lipinski definition) is 4. The summed E-state index contributed by atoms with van der Waals surface area (Å²) in [5, 5.41) is 4.34. The molecule has 1 unspecified atom stereocenters. The molecule has 2 aromatic heterocycles. The fourth-order valence-corrected chi connectivity index (χ4v) is 4.44. The van der Waals surface area contributed by atoms with Crippen LogP contribution >= 0.6 is 11.8 Å². The molecule has 0 bridgehead atoms. The first-order chi connectivity index (χ1) is 15.1. The van der Waals surface area contributed by atoms with Crippen LogP contribution in [-0.4, -0.2) is 39.1 Å². The van der Waals surface area contributed by atoms with Gasteiger partial charge in [-0.15, -0.1) is 0 Å². The number of carbonyl (C=O) groups is 1. The predicted octanol–water partition coefficient (Wildman–Crippen LogP) is 4.54. The molecule has 0 saturated heterocycles. The van der Waals surface area contributed by atoms with E-state index in [1.807, 2.05) is 49.6 Å². The summed E-state index contributed by atoms with van der Waals surface area (Å²) in [4.78, 5) is 17.7. The maximum absolute atomic E-state index is 12.9. The summed E-state index contributed by atoms with van der Waals surface area (Å²) in [6.07, 6.45) is 5.36. The van der Waals surface area contributed by atoms with Gasteiger partial charge in [-0.25, -0.2) is 4.98 Å². The molecule has 0 aliphatic rings. The molecule has 4 aromatic rings. The zero-order valence-electron chi connectivity index (χ0n) is 18.2. The number of nitrogens with one attached hydrogen (secondary N) is 1. The molecule has 0 spiro atoms. The number of carbonyl (C=O) groups excluding carboxylic acids is 1. The molecule has 4 rings (SSSR count). The number of methoxy groups -OCH3 is 1. The summed E-state index contributed by atoms with van der Waals surface area (Å²) in [5.74, 6) is 2.73. The van der Waals surface area contributed by atoms with Crippen LogP contribution in [0.1, 0.15) is 24.7 Å². The van der Waals surface area contributed by atoms with Crippen LogP contribution in [0.15, 0.2) is 54.7 Å². The fourth-order valence-electron chi connectivity index (χ4n) is 3.97. The summed E-state index contributed by atoms with van der Waals surface area (Å²) >= 11 is 1.78. The Labute approximate surface area is 186 Å². The number of thioether (sulfide) groups is 1. The summed E-state index contributed by atoms with van der Waals surface area (Å²) in [5.41, 5.74) is 3.13. The second-order valence-corrected chi connectivity index (χ2v) is 8.59. The minimum absolute atomic E-state index is 0.0357. The molecule has 0 aliphatic heterocycles. The van der Waals surface area contributed by atoms with E-state index in [-0.39, 0.29) is 11.9 Å². The summed E-state index contributed by atoms with van der Waals surface area (Å²) in [7, 11) is 3.68. The quantitative estimate of drug-likeness (QED) is 0.419. The third kappa shape index (κ3) is 4.56. The van der Waals surface area contributed by atoms with Gasteiger partial charge in [0.05, 0.1) is 24.2 Å². The lowest BCUT2D eigenvalue weighted by molar-refractivity contribution is -0.122. The molecule has 1 N–H and O–H groups in total. The van der Waals surface area contributed by atoms with Gasteiger partial charge >= 0.3 is 0 Å². The van der Waals surface area contributed by atoms with Crippen LogP contribution in [0.25, 0.3) is 21.9 Å². The number of para-hydroxylation sites is 2. The Morgan fingerprint density at radius 2 is 2.03 bits per heavy atom. The van der Waals surface area contributed by atoms with E-state index in [2.05, 4.69) is 32.8 Å². The molecular formula is C24H28N4O2S. The minimum Gasteiger partial charge on any atom is -0.497 e. The van der Waals surface area contributed by atoms with Crippen molar-refractivity contribution in [1.29, 1.82) is 0 Å². The van der Waals surface area contributed by atoms with Gasteiger partial charge in [0.15, 0.2) is 0 Å². The number of rotatable bonds is 9. The number of ether oxygens (including phenoxy) is 1. The van der Waals surface area contributed by atoms with Crippen molar-refractivity contribution < 1.29 is 9.53 Å². The van der Waals surface area contributed by atoms with Crippen molar-refractivity contribution in [2.45, 2.75) is 25.4 Å². The van der Waals surface area contributed by atoms with E-state index < -0.39 is 0 Å². The number of imidazole rings is 1. The third-order valence-electron chi connectivity index (χ3n) is 5.64. The molecule has 0 aliphatic carbocycles. The van der Waals surface area contributed by atoms with Gasteiger partial charge in [-0.2, -0.15) is 11.8 Å². The maximum Gasteiger partial charge on any atom is 0.222 e. The van der Waals surface area contributed by atoms with Crippen molar-refractivity contribution in [2.24, 2.45) is 7.05 Å². The lowest BCUT2D eigenvalue weighted by Crippen LogP contribution is -2.31. The standard InChI is InChI=1S/C24H28N4O2S/c1-27-22-7-5-4-6-19(22)26-24(27)20(12-15-31-3)25-23(29)11-14-28-13-10-17-16-18(30-2)8-9-21(17)28/h4-10,13,16,20H,11-12,14-15H2,1-3H3,(H,25,29). The number of hydrogen-bond donors (Lipinski definition) is 1. The first-order valence-electron chi connectivity index (χ1n) is 10.4. The van der Waals surface area contributed by atoms with Gasteiger partial charge in [-0.3, -0.25) is 4.79 Å². The molecule has 2 aromatic carbocycles. The van der Waals surface area contributed by atoms with Crippen molar-refractivity contribution in [2.75, 3.05) is 19.1 Å². The van der Waals surface area contributed by atoms with Crippen molar-refractivity contribution in [3.8, 4) is 5.75 Å². The molecule has 1 amide bonds. The van der Waals surface area contributed by atoms with Crippen molar-refractivity contribution >= 4 is 39.6 Å². The van der Waals surface area contributed by atoms with E-state index >= 15 is 0 Å². The Morgan fingerprint density at radius 3 is 2.81 bits per heavy atom. The number of aromatic nitrogens is 3. The lowest BCUT2D eigenvalue weighted by atomic mass is 10.2. The van der Waals surface area contributed by atoms with Gasteiger partial charge in [0, 0.05) is 37.1 Å². The zero-order valence-corrected chi connectivity index (χ0v) is 19.0. The molecule has 6 nitrogen and oxygen atoms in total. The van der Waals surface area contributed by atoms with Gasteiger partial charge in [0.25, 0.3) is 0 Å². The van der Waals surface area contributed by atoms with Crippen LogP contribution in [0, 0.1) is 0 Å². The van der Waals surface area contributed by atoms with E-state index in [4.69, 9.17) is 9.72 Å². The smallest absolute Gasteiger partial charge is 0.222 e. The van der Waals surface area contributed by atoms with Crippen LogP contribution in [-0.2, 0) is 18.4 Å². The first kappa shape index (κ1) is 21.3. The number of benzene rings is 2. The van der Waals surface area contributed by atoms with Gasteiger partial charge in [0.1, 0.15) is 11.6 Å². The predicted molar refractivity (Wildman–Crippen MR) is 128 cm³/mol. The molecule has 0 saturated carbocycles. The van der Waals surface area contributed by atoms with E-state index in [0.29, 0.717) is 13.0 Å². The van der Waals surface area contributed by atoms with Crippen LogP contribution in [0.2, 0.25) is 0 Å². The highest BCUT2D eigenvalue weighted by molar-refractivity contribution is 7.98. The summed E-state index contributed by atoms with van der Waals surface area (Å²) in [6, 6.07) is 16.0. The number of nitrogens with zero attached hydrogens (tertiary/aromatic N) is 3. The van der Waals surface area contributed by atoms with Crippen molar-refractivity contribution in [1.82, 2.24) is 19.4 Å². The van der Waals surface area contributed by atoms with E-state index in [9.17, 15) is 4.79 Å². The SMILES string of the molecule is COc1ccc2c(ccn2CCC(=O)NC(CCSC)c2nc3ccccc3n2C)c1. The van der Waals surface area contributed by atoms with Gasteiger partial charge < -0.3 is 19.2 Å². The molecule has 7 heteroatoms. The second kappa shape index (κ2) is 9.47. The molecule has 1 atom stereocenters. The van der Waals surface area contributed by atoms with Crippen molar-refractivity contribution in [3.05, 3.63) is 60.6 Å². The highest BCUT2D eigenvalue weighted by Gasteiger charge is 2.20. The number of amides is 1. The highest BCUT2D eigenvalue weighted by atomic mass is 32.2. The summed E-state index contributed by atoms with van der Waals surface area (Å²) in [6.45, 7) is 0.624.